The molecule has 0 fully saturated rings. The molecule has 0 aromatic carbocycles. The maximum atomic E-state index is 12.3. The van der Waals surface area contributed by atoms with Gasteiger partial charge in [0.2, 0.25) is 0 Å². The maximum Gasteiger partial charge on any atom is 0.193 e. The molecule has 0 N–H and O–H groups in total. The Kier molecular flexibility index (Phi) is 10.5. The highest BCUT2D eigenvalue weighted by Crippen LogP contribution is 2.26. The van der Waals surface area contributed by atoms with Crippen molar-refractivity contribution < 1.29 is 9.22 Å². The third-order valence-corrected chi connectivity index (χ3v) is 8.93. The molecule has 0 aromatic rings. The summed E-state index contributed by atoms with van der Waals surface area (Å²) in [4.78, 5) is 12.3. The van der Waals surface area contributed by atoms with Crippen LogP contribution in [0.3, 0.4) is 0 Å². The number of rotatable bonds is 12. The molecule has 0 bridgehead atoms. The van der Waals surface area contributed by atoms with Crippen molar-refractivity contribution in [2.24, 2.45) is 0 Å². The largest absolute Gasteiger partial charge is 0.407 e. The van der Waals surface area contributed by atoms with Gasteiger partial charge in [-0.1, -0.05) is 53.9 Å². The van der Waals surface area contributed by atoms with Gasteiger partial charge in [-0.2, -0.15) is 0 Å². The standard InChI is InChI=1S/C16H34O2Si/c1-6-11-13-15(17)16(14-12-7-2)18-19(8-3,9-4)10-5/h16H,6-14H2,1-5H3. The van der Waals surface area contributed by atoms with Gasteiger partial charge in [0.05, 0.1) is 0 Å². The molecule has 1 atom stereocenters. The van der Waals surface area contributed by atoms with Gasteiger partial charge in [0.25, 0.3) is 0 Å². The summed E-state index contributed by atoms with van der Waals surface area (Å²) >= 11 is 0. The highest BCUT2D eigenvalue weighted by Gasteiger charge is 2.33. The number of hydrogen-bond acceptors (Lipinski definition) is 2. The topological polar surface area (TPSA) is 26.3 Å². The van der Waals surface area contributed by atoms with Crippen LogP contribution in [0.15, 0.2) is 0 Å². The van der Waals surface area contributed by atoms with E-state index >= 15 is 0 Å². The summed E-state index contributed by atoms with van der Waals surface area (Å²) in [5.41, 5.74) is 0. The van der Waals surface area contributed by atoms with Gasteiger partial charge < -0.3 is 4.43 Å². The van der Waals surface area contributed by atoms with E-state index in [9.17, 15) is 4.79 Å². The molecule has 19 heavy (non-hydrogen) atoms. The van der Waals surface area contributed by atoms with E-state index in [4.69, 9.17) is 4.43 Å². The molecule has 0 saturated carbocycles. The number of carbonyl (C=O) groups excluding carboxylic acids is 1. The highest BCUT2D eigenvalue weighted by atomic mass is 28.4. The molecular formula is C16H34O2Si. The van der Waals surface area contributed by atoms with E-state index < -0.39 is 8.32 Å². The van der Waals surface area contributed by atoms with E-state index in [1.807, 2.05) is 0 Å². The van der Waals surface area contributed by atoms with Gasteiger partial charge in [0, 0.05) is 6.42 Å². The van der Waals surface area contributed by atoms with Gasteiger partial charge in [-0.3, -0.25) is 4.79 Å². The number of unbranched alkanes of at least 4 members (excludes halogenated alkanes) is 2. The van der Waals surface area contributed by atoms with E-state index in [0.717, 1.165) is 50.2 Å². The van der Waals surface area contributed by atoms with Crippen LogP contribution in [0.1, 0.15) is 73.1 Å². The first-order valence-corrected chi connectivity index (χ1v) is 10.8. The molecule has 0 aliphatic heterocycles. The third-order valence-electron chi connectivity index (χ3n) is 4.28. The lowest BCUT2D eigenvalue weighted by Gasteiger charge is -2.32. The van der Waals surface area contributed by atoms with Crippen LogP contribution in [-0.2, 0) is 9.22 Å². The Labute approximate surface area is 121 Å². The Hall–Kier alpha value is -0.153. The molecule has 0 aliphatic rings. The van der Waals surface area contributed by atoms with Crippen molar-refractivity contribution in [3.05, 3.63) is 0 Å². The monoisotopic (exact) mass is 286 g/mol. The SMILES string of the molecule is CCCCC(=O)C(CCCC)O[Si](CC)(CC)CC. The molecule has 3 heteroatoms. The Balaban J connectivity index is 4.68. The van der Waals surface area contributed by atoms with Crippen molar-refractivity contribution in [3.63, 3.8) is 0 Å². The van der Waals surface area contributed by atoms with Crippen molar-refractivity contribution in [1.82, 2.24) is 0 Å². The Morgan fingerprint density at radius 3 is 1.89 bits per heavy atom. The lowest BCUT2D eigenvalue weighted by Crippen LogP contribution is -2.42. The van der Waals surface area contributed by atoms with Crippen molar-refractivity contribution in [2.45, 2.75) is 97.4 Å². The van der Waals surface area contributed by atoms with Gasteiger partial charge >= 0.3 is 0 Å². The average molecular weight is 287 g/mol. The molecule has 0 saturated heterocycles. The molecule has 0 heterocycles. The minimum Gasteiger partial charge on any atom is -0.407 e. The number of Topliss-reactive ketones (excluding diaryl/α,β-unsaturated/α-hetero) is 1. The molecule has 1 unspecified atom stereocenters. The van der Waals surface area contributed by atoms with Crippen molar-refractivity contribution in [1.29, 1.82) is 0 Å². The molecule has 0 radical (unpaired) electrons. The second-order valence-electron chi connectivity index (χ2n) is 5.56. The van der Waals surface area contributed by atoms with Crippen LogP contribution in [0, 0.1) is 0 Å². The van der Waals surface area contributed by atoms with Gasteiger partial charge in [-0.15, -0.1) is 0 Å². The van der Waals surface area contributed by atoms with Crippen molar-refractivity contribution in [2.75, 3.05) is 0 Å². The molecule has 0 rings (SSSR count). The zero-order valence-electron chi connectivity index (χ0n) is 13.8. The van der Waals surface area contributed by atoms with Gasteiger partial charge in [0.1, 0.15) is 6.10 Å². The maximum absolute atomic E-state index is 12.3. The van der Waals surface area contributed by atoms with Gasteiger partial charge in [0.15, 0.2) is 14.1 Å². The summed E-state index contributed by atoms with van der Waals surface area (Å²) in [6.07, 6.45) is 5.84. The fourth-order valence-electron chi connectivity index (χ4n) is 2.49. The Morgan fingerprint density at radius 1 is 0.947 bits per heavy atom. The molecule has 2 nitrogen and oxygen atoms in total. The van der Waals surface area contributed by atoms with Crippen LogP contribution in [0.4, 0.5) is 0 Å². The normalized spacial score (nSPS) is 13.5. The minimum atomic E-state index is -1.65. The summed E-state index contributed by atoms with van der Waals surface area (Å²) < 4.78 is 6.44. The average Bonchev–Trinajstić information content (AvgIpc) is 2.46. The van der Waals surface area contributed by atoms with Crippen LogP contribution in [0.25, 0.3) is 0 Å². The van der Waals surface area contributed by atoms with Crippen molar-refractivity contribution in [3.8, 4) is 0 Å². The lowest BCUT2D eigenvalue weighted by atomic mass is 10.0. The number of carbonyl (C=O) groups is 1. The number of hydrogen-bond donors (Lipinski definition) is 0. The van der Waals surface area contributed by atoms with E-state index in [0.29, 0.717) is 12.2 Å². The second-order valence-corrected chi connectivity index (χ2v) is 10.3. The quantitative estimate of drug-likeness (QED) is 0.453. The smallest absolute Gasteiger partial charge is 0.193 e. The molecule has 0 aliphatic carbocycles. The van der Waals surface area contributed by atoms with Gasteiger partial charge in [-0.05, 0) is 31.0 Å². The van der Waals surface area contributed by atoms with E-state index in [-0.39, 0.29) is 6.10 Å². The minimum absolute atomic E-state index is 0.113. The summed E-state index contributed by atoms with van der Waals surface area (Å²) in [6, 6.07) is 3.39. The third kappa shape index (κ3) is 6.71. The zero-order valence-corrected chi connectivity index (χ0v) is 14.8. The van der Waals surface area contributed by atoms with Crippen LogP contribution >= 0.6 is 0 Å². The summed E-state index contributed by atoms with van der Waals surface area (Å²) in [5, 5.41) is 0. The van der Waals surface area contributed by atoms with E-state index in [1.54, 1.807) is 0 Å². The fourth-order valence-corrected chi connectivity index (χ4v) is 5.34. The Bertz CT molecular complexity index is 229. The highest BCUT2D eigenvalue weighted by molar-refractivity contribution is 6.73. The molecule has 0 spiro atoms. The Morgan fingerprint density at radius 2 is 1.47 bits per heavy atom. The van der Waals surface area contributed by atoms with Crippen LogP contribution in [0.2, 0.25) is 18.1 Å². The number of ketones is 1. The second kappa shape index (κ2) is 10.6. The van der Waals surface area contributed by atoms with Gasteiger partial charge in [-0.25, -0.2) is 0 Å². The van der Waals surface area contributed by atoms with Crippen LogP contribution < -0.4 is 0 Å². The van der Waals surface area contributed by atoms with Crippen LogP contribution in [-0.4, -0.2) is 20.2 Å². The van der Waals surface area contributed by atoms with Crippen LogP contribution in [0.5, 0.6) is 0 Å². The molecule has 0 amide bonds. The fraction of sp³-hybridized carbons (Fsp3) is 0.938. The summed E-state index contributed by atoms with van der Waals surface area (Å²) in [5.74, 6) is 0.350. The first-order valence-electron chi connectivity index (χ1n) is 8.29. The molecule has 0 aromatic heterocycles. The predicted molar refractivity (Wildman–Crippen MR) is 86.1 cm³/mol. The predicted octanol–water partition coefficient (Wildman–Crippen LogP) is 5.33. The van der Waals surface area contributed by atoms with E-state index in [1.165, 1.54) is 0 Å². The van der Waals surface area contributed by atoms with Crippen molar-refractivity contribution >= 4 is 14.1 Å². The van der Waals surface area contributed by atoms with E-state index in [2.05, 4.69) is 34.6 Å². The lowest BCUT2D eigenvalue weighted by molar-refractivity contribution is -0.126. The summed E-state index contributed by atoms with van der Waals surface area (Å²) in [6.45, 7) is 11.0. The molecule has 114 valence electrons. The first kappa shape index (κ1) is 18.8. The molecular weight excluding hydrogens is 252 g/mol. The summed E-state index contributed by atoms with van der Waals surface area (Å²) in [7, 11) is -1.65. The first-order chi connectivity index (χ1) is 9.09. The zero-order chi connectivity index (χ0) is 14.7.